The molecule has 0 bridgehead atoms. The number of nitrogens with one attached hydrogen (secondary N) is 3. The number of anilines is 3. The Morgan fingerprint density at radius 3 is 2.83 bits per heavy atom. The molecule has 29 heavy (non-hydrogen) atoms. The van der Waals surface area contributed by atoms with Crippen molar-refractivity contribution in [2.45, 2.75) is 13.8 Å². The number of nitrogens with zero attached hydrogens (tertiary/aromatic N) is 4. The average molecular weight is 393 g/mol. The highest BCUT2D eigenvalue weighted by Crippen LogP contribution is 2.23. The number of aromatic nitrogens is 5. The molecule has 4 rings (SSSR count). The quantitative estimate of drug-likeness (QED) is 0.473. The summed E-state index contributed by atoms with van der Waals surface area (Å²) in [5.41, 5.74) is 2.02. The van der Waals surface area contributed by atoms with Gasteiger partial charge in [0, 0.05) is 19.2 Å². The lowest BCUT2D eigenvalue weighted by molar-refractivity contribution is -0.114. The minimum atomic E-state index is -0.381. The fraction of sp³-hybridized carbons (Fsp3) is 0.105. The molecule has 0 saturated carbocycles. The van der Waals surface area contributed by atoms with Gasteiger partial charge in [-0.05, 0) is 30.7 Å². The lowest BCUT2D eigenvalue weighted by Crippen LogP contribution is -2.07. The van der Waals surface area contributed by atoms with Gasteiger partial charge in [0.15, 0.2) is 5.65 Å². The van der Waals surface area contributed by atoms with Crippen molar-refractivity contribution in [3.8, 4) is 11.8 Å². The average Bonchev–Trinajstić information content (AvgIpc) is 3.05. The summed E-state index contributed by atoms with van der Waals surface area (Å²) < 4.78 is 19.6. The molecule has 3 aromatic heterocycles. The van der Waals surface area contributed by atoms with Crippen LogP contribution in [0, 0.1) is 12.7 Å². The first-order chi connectivity index (χ1) is 14.0. The number of halogens is 1. The number of pyridine rings is 1. The van der Waals surface area contributed by atoms with Gasteiger partial charge in [-0.3, -0.25) is 4.79 Å². The first-order valence-corrected chi connectivity index (χ1v) is 8.64. The molecule has 146 valence electrons. The van der Waals surface area contributed by atoms with E-state index in [4.69, 9.17) is 4.74 Å². The molecular formula is C19H16FN7O2. The maximum Gasteiger partial charge on any atom is 0.324 e. The van der Waals surface area contributed by atoms with E-state index in [1.165, 1.54) is 25.4 Å². The molecule has 4 aromatic rings. The van der Waals surface area contributed by atoms with Crippen LogP contribution in [-0.4, -0.2) is 30.8 Å². The number of aromatic amines is 1. The number of imidazole rings is 1. The van der Waals surface area contributed by atoms with Crippen molar-refractivity contribution in [2.24, 2.45) is 0 Å². The van der Waals surface area contributed by atoms with Gasteiger partial charge in [-0.15, -0.1) is 0 Å². The van der Waals surface area contributed by atoms with Crippen LogP contribution in [0.25, 0.3) is 11.2 Å². The van der Waals surface area contributed by atoms with Crippen molar-refractivity contribution in [1.82, 2.24) is 24.9 Å². The van der Waals surface area contributed by atoms with Gasteiger partial charge < -0.3 is 20.4 Å². The number of fused-ring (bicyclic) bond motifs is 1. The molecule has 0 fully saturated rings. The second-order valence-corrected chi connectivity index (χ2v) is 6.24. The second kappa shape index (κ2) is 7.50. The van der Waals surface area contributed by atoms with E-state index in [9.17, 15) is 9.18 Å². The molecule has 3 N–H and O–H groups in total. The molecule has 0 aliphatic rings. The fourth-order valence-corrected chi connectivity index (χ4v) is 2.58. The van der Waals surface area contributed by atoms with Crippen molar-refractivity contribution in [1.29, 1.82) is 0 Å². The van der Waals surface area contributed by atoms with Crippen molar-refractivity contribution in [3.05, 3.63) is 54.1 Å². The summed E-state index contributed by atoms with van der Waals surface area (Å²) in [6, 6.07) is 8.08. The Morgan fingerprint density at radius 1 is 1.17 bits per heavy atom. The van der Waals surface area contributed by atoms with Crippen LogP contribution in [0.2, 0.25) is 0 Å². The maximum atomic E-state index is 14.0. The number of rotatable bonds is 5. The van der Waals surface area contributed by atoms with E-state index in [0.29, 0.717) is 34.4 Å². The van der Waals surface area contributed by atoms with Crippen molar-refractivity contribution in [3.63, 3.8) is 0 Å². The van der Waals surface area contributed by atoms with Crippen LogP contribution >= 0.6 is 0 Å². The number of carbonyl (C=O) groups is 1. The topological polar surface area (TPSA) is 118 Å². The largest absolute Gasteiger partial charge is 0.424 e. The van der Waals surface area contributed by atoms with Gasteiger partial charge in [0.1, 0.15) is 22.9 Å². The highest BCUT2D eigenvalue weighted by molar-refractivity contribution is 5.87. The van der Waals surface area contributed by atoms with E-state index in [1.807, 2.05) is 6.92 Å². The molecule has 10 heteroatoms. The molecule has 0 aliphatic heterocycles. The number of amides is 1. The van der Waals surface area contributed by atoms with E-state index >= 15 is 0 Å². The van der Waals surface area contributed by atoms with Crippen LogP contribution in [0.4, 0.5) is 21.8 Å². The summed E-state index contributed by atoms with van der Waals surface area (Å²) in [6.07, 6.45) is 3.00. The summed E-state index contributed by atoms with van der Waals surface area (Å²) in [5, 5.41) is 5.45. The zero-order valence-corrected chi connectivity index (χ0v) is 15.5. The molecule has 1 aromatic carbocycles. The predicted molar refractivity (Wildman–Crippen MR) is 105 cm³/mol. The summed E-state index contributed by atoms with van der Waals surface area (Å²) in [4.78, 5) is 30.8. The van der Waals surface area contributed by atoms with Gasteiger partial charge in [-0.1, -0.05) is 6.07 Å². The van der Waals surface area contributed by atoms with Crippen LogP contribution in [0.3, 0.4) is 0 Å². The molecule has 0 saturated heterocycles. The minimum Gasteiger partial charge on any atom is -0.424 e. The number of H-pyrrole nitrogens is 1. The molecule has 0 atom stereocenters. The van der Waals surface area contributed by atoms with Gasteiger partial charge in [0.25, 0.3) is 0 Å². The molecule has 0 aliphatic carbocycles. The van der Waals surface area contributed by atoms with E-state index in [1.54, 1.807) is 24.3 Å². The van der Waals surface area contributed by atoms with Crippen molar-refractivity contribution in [2.75, 3.05) is 10.6 Å². The fourth-order valence-electron chi connectivity index (χ4n) is 2.58. The number of hydrogen-bond acceptors (Lipinski definition) is 7. The zero-order valence-electron chi connectivity index (χ0n) is 15.5. The predicted octanol–water partition coefficient (Wildman–Crippen LogP) is 3.69. The standard InChI is InChI=1S/C19H16FN7O2/c1-10-3-4-14(13(20)7-10)24-18-25-15-9-22-19(27-17(15)26-18)29-12-5-6-21-16(8-12)23-11(2)28/h3-9H,1-2H3,(H,21,23,28)(H2,22,24,25,26,27). The Hall–Kier alpha value is -4.08. The second-order valence-electron chi connectivity index (χ2n) is 6.24. The van der Waals surface area contributed by atoms with Gasteiger partial charge in [-0.25, -0.2) is 14.4 Å². The minimum absolute atomic E-state index is 0.0667. The first-order valence-electron chi connectivity index (χ1n) is 8.64. The first kappa shape index (κ1) is 18.3. The normalized spacial score (nSPS) is 10.7. The van der Waals surface area contributed by atoms with Crippen LogP contribution < -0.4 is 15.4 Å². The third kappa shape index (κ3) is 4.26. The molecule has 0 spiro atoms. The van der Waals surface area contributed by atoms with Crippen LogP contribution in [0.5, 0.6) is 11.8 Å². The van der Waals surface area contributed by atoms with Gasteiger partial charge in [-0.2, -0.15) is 9.97 Å². The van der Waals surface area contributed by atoms with Gasteiger partial charge in [0.2, 0.25) is 11.9 Å². The Morgan fingerprint density at radius 2 is 2.03 bits per heavy atom. The number of benzene rings is 1. The number of ether oxygens (including phenoxy) is 1. The molecule has 1 amide bonds. The third-order valence-corrected chi connectivity index (χ3v) is 3.84. The molecule has 0 unspecified atom stereocenters. The Balaban J connectivity index is 1.55. The molecule has 0 radical (unpaired) electrons. The van der Waals surface area contributed by atoms with Gasteiger partial charge >= 0.3 is 6.01 Å². The lowest BCUT2D eigenvalue weighted by atomic mass is 10.2. The summed E-state index contributed by atoms with van der Waals surface area (Å²) in [7, 11) is 0. The monoisotopic (exact) mass is 393 g/mol. The van der Waals surface area contributed by atoms with E-state index in [0.717, 1.165) is 5.56 Å². The van der Waals surface area contributed by atoms with Crippen molar-refractivity contribution < 1.29 is 13.9 Å². The van der Waals surface area contributed by atoms with Crippen molar-refractivity contribution >= 4 is 34.5 Å². The highest BCUT2D eigenvalue weighted by Gasteiger charge is 2.10. The SMILES string of the molecule is CC(=O)Nc1cc(Oc2ncc3[nH]c(Nc4ccc(C)cc4F)nc3n2)ccn1. The molecular weight excluding hydrogens is 377 g/mol. The number of carbonyl (C=O) groups excluding carboxylic acids is 1. The third-order valence-electron chi connectivity index (χ3n) is 3.84. The summed E-state index contributed by atoms with van der Waals surface area (Å²) in [6.45, 7) is 3.20. The highest BCUT2D eigenvalue weighted by atomic mass is 19.1. The van der Waals surface area contributed by atoms with E-state index < -0.39 is 0 Å². The Kier molecular flexibility index (Phi) is 4.73. The van der Waals surface area contributed by atoms with Gasteiger partial charge in [0.05, 0.1) is 11.9 Å². The van der Waals surface area contributed by atoms with Crippen LogP contribution in [0.1, 0.15) is 12.5 Å². The summed E-state index contributed by atoms with van der Waals surface area (Å²) >= 11 is 0. The van der Waals surface area contributed by atoms with E-state index in [2.05, 4.69) is 35.6 Å². The molecule has 9 nitrogen and oxygen atoms in total. The van der Waals surface area contributed by atoms with Crippen LogP contribution in [0.15, 0.2) is 42.7 Å². The Bertz CT molecular complexity index is 1210. The lowest BCUT2D eigenvalue weighted by Gasteiger charge is -2.05. The Labute approximate surface area is 164 Å². The number of hydrogen-bond donors (Lipinski definition) is 3. The smallest absolute Gasteiger partial charge is 0.324 e. The van der Waals surface area contributed by atoms with E-state index in [-0.39, 0.29) is 17.7 Å². The zero-order chi connectivity index (χ0) is 20.4. The van der Waals surface area contributed by atoms with Crippen LogP contribution in [-0.2, 0) is 4.79 Å². The summed E-state index contributed by atoms with van der Waals surface area (Å²) in [5.74, 6) is 0.453. The maximum absolute atomic E-state index is 14.0. The number of aryl methyl sites for hydroxylation is 1. The molecule has 3 heterocycles.